The summed E-state index contributed by atoms with van der Waals surface area (Å²) >= 11 is 0. The number of carbonyl (C=O) groups is 3. The van der Waals surface area contributed by atoms with E-state index in [4.69, 9.17) is 0 Å². The van der Waals surface area contributed by atoms with E-state index in [0.717, 1.165) is 4.90 Å². The topological polar surface area (TPSA) is 66.5 Å². The largest absolute Gasteiger partial charge is 0.331 e. The standard InChI is InChI=1S/C5H6N2O3/c1-2-7-4(9)3(8)6-5(7)10/h2H2,1H3,(H,6,8,10). The summed E-state index contributed by atoms with van der Waals surface area (Å²) in [5.74, 6) is -1.61. The van der Waals surface area contributed by atoms with E-state index in [1.165, 1.54) is 0 Å². The van der Waals surface area contributed by atoms with Gasteiger partial charge in [-0.05, 0) is 6.92 Å². The van der Waals surface area contributed by atoms with Gasteiger partial charge in [-0.3, -0.25) is 19.8 Å². The predicted molar refractivity (Wildman–Crippen MR) is 30.9 cm³/mol. The minimum absolute atomic E-state index is 0.233. The number of nitrogens with one attached hydrogen (secondary N) is 1. The predicted octanol–water partition coefficient (Wildman–Crippen LogP) is -0.915. The molecule has 1 heterocycles. The van der Waals surface area contributed by atoms with Gasteiger partial charge >= 0.3 is 17.8 Å². The molecule has 0 aromatic rings. The maximum absolute atomic E-state index is 10.6. The molecule has 54 valence electrons. The first-order valence-electron chi connectivity index (χ1n) is 2.83. The van der Waals surface area contributed by atoms with Crippen molar-refractivity contribution in [1.29, 1.82) is 0 Å². The number of likely N-dealkylation sites (N-methyl/N-ethyl adjacent to an activating group) is 1. The normalized spacial score (nSPS) is 18.1. The van der Waals surface area contributed by atoms with Crippen molar-refractivity contribution >= 4 is 17.8 Å². The number of nitrogens with zero attached hydrogens (tertiary/aromatic N) is 1. The van der Waals surface area contributed by atoms with Gasteiger partial charge in [0, 0.05) is 6.54 Å². The maximum atomic E-state index is 10.6. The fraction of sp³-hybridized carbons (Fsp3) is 0.400. The molecular formula is C5H6N2O3. The third-order valence-electron chi connectivity index (χ3n) is 1.22. The Kier molecular flexibility index (Phi) is 1.41. The third kappa shape index (κ3) is 0.754. The molecule has 0 radical (unpaired) electrons. The highest BCUT2D eigenvalue weighted by atomic mass is 16.2. The molecule has 1 rings (SSSR count). The molecule has 1 aliphatic heterocycles. The molecule has 0 aromatic carbocycles. The summed E-state index contributed by atoms with van der Waals surface area (Å²) < 4.78 is 0. The van der Waals surface area contributed by atoms with Crippen molar-refractivity contribution in [3.8, 4) is 0 Å². The quantitative estimate of drug-likeness (QED) is 0.380. The first-order valence-corrected chi connectivity index (χ1v) is 2.83. The molecule has 1 fully saturated rings. The van der Waals surface area contributed by atoms with Crippen molar-refractivity contribution < 1.29 is 14.4 Å². The number of urea groups is 1. The molecule has 1 aliphatic rings. The van der Waals surface area contributed by atoms with Crippen molar-refractivity contribution in [3.63, 3.8) is 0 Å². The van der Waals surface area contributed by atoms with Gasteiger partial charge in [0.2, 0.25) is 0 Å². The summed E-state index contributed by atoms with van der Waals surface area (Å²) in [6.45, 7) is 1.85. The van der Waals surface area contributed by atoms with Crippen LogP contribution in [0.15, 0.2) is 0 Å². The molecule has 0 atom stereocenters. The van der Waals surface area contributed by atoms with Gasteiger partial charge in [0.15, 0.2) is 0 Å². The van der Waals surface area contributed by atoms with Crippen LogP contribution in [0, 0.1) is 0 Å². The van der Waals surface area contributed by atoms with Crippen molar-refractivity contribution in [2.24, 2.45) is 0 Å². The van der Waals surface area contributed by atoms with E-state index in [2.05, 4.69) is 0 Å². The highest BCUT2D eigenvalue weighted by molar-refractivity contribution is 6.44. The summed E-state index contributed by atoms with van der Waals surface area (Å²) in [6, 6.07) is -0.627. The van der Waals surface area contributed by atoms with E-state index in [1.54, 1.807) is 6.92 Å². The fourth-order valence-electron chi connectivity index (χ4n) is 0.720. The van der Waals surface area contributed by atoms with Gasteiger partial charge in [-0.25, -0.2) is 4.79 Å². The molecule has 5 nitrogen and oxygen atoms in total. The lowest BCUT2D eigenvalue weighted by atomic mass is 10.5. The second kappa shape index (κ2) is 2.09. The molecule has 0 saturated carbocycles. The Hall–Kier alpha value is -1.39. The van der Waals surface area contributed by atoms with Gasteiger partial charge in [0.25, 0.3) is 0 Å². The lowest BCUT2D eigenvalue weighted by Crippen LogP contribution is -2.30. The smallest absolute Gasteiger partial charge is 0.269 e. The fourth-order valence-corrected chi connectivity index (χ4v) is 0.720. The van der Waals surface area contributed by atoms with Crippen LogP contribution in [0.25, 0.3) is 0 Å². The minimum atomic E-state index is -0.841. The molecule has 0 bridgehead atoms. The van der Waals surface area contributed by atoms with E-state index in [9.17, 15) is 14.4 Å². The molecule has 5 heteroatoms. The molecule has 0 unspecified atom stereocenters. The first-order chi connectivity index (χ1) is 4.66. The van der Waals surface area contributed by atoms with Crippen molar-refractivity contribution in [1.82, 2.24) is 10.2 Å². The van der Waals surface area contributed by atoms with E-state index in [-0.39, 0.29) is 6.54 Å². The number of imide groups is 2. The van der Waals surface area contributed by atoms with E-state index < -0.39 is 17.8 Å². The van der Waals surface area contributed by atoms with Gasteiger partial charge in [-0.2, -0.15) is 0 Å². The third-order valence-corrected chi connectivity index (χ3v) is 1.22. The average Bonchev–Trinajstić information content (AvgIpc) is 2.09. The van der Waals surface area contributed by atoms with Gasteiger partial charge in [0.1, 0.15) is 0 Å². The molecule has 0 aromatic heterocycles. The van der Waals surface area contributed by atoms with Crippen LogP contribution < -0.4 is 5.32 Å². The zero-order valence-corrected chi connectivity index (χ0v) is 5.38. The van der Waals surface area contributed by atoms with Crippen LogP contribution in [0.4, 0.5) is 4.79 Å². The Morgan fingerprint density at radius 2 is 2.00 bits per heavy atom. The summed E-state index contributed by atoms with van der Waals surface area (Å²) in [7, 11) is 0. The van der Waals surface area contributed by atoms with E-state index >= 15 is 0 Å². The van der Waals surface area contributed by atoms with Crippen LogP contribution in [0.3, 0.4) is 0 Å². The molecule has 1 saturated heterocycles. The van der Waals surface area contributed by atoms with Crippen molar-refractivity contribution in [3.05, 3.63) is 0 Å². The van der Waals surface area contributed by atoms with Gasteiger partial charge in [-0.15, -0.1) is 0 Å². The van der Waals surface area contributed by atoms with Crippen LogP contribution in [-0.2, 0) is 9.59 Å². The second-order valence-electron chi connectivity index (χ2n) is 1.81. The van der Waals surface area contributed by atoms with Crippen LogP contribution >= 0.6 is 0 Å². The van der Waals surface area contributed by atoms with Gasteiger partial charge in [0.05, 0.1) is 0 Å². The highest BCUT2D eigenvalue weighted by Gasteiger charge is 2.35. The Bertz CT molecular complexity index is 211. The van der Waals surface area contributed by atoms with Crippen molar-refractivity contribution in [2.45, 2.75) is 6.92 Å². The average molecular weight is 142 g/mol. The van der Waals surface area contributed by atoms with Crippen LogP contribution in [0.2, 0.25) is 0 Å². The van der Waals surface area contributed by atoms with Crippen molar-refractivity contribution in [2.75, 3.05) is 6.54 Å². The number of carbonyl (C=O) groups excluding carboxylic acids is 3. The van der Waals surface area contributed by atoms with Gasteiger partial charge < -0.3 is 0 Å². The molecule has 4 amide bonds. The van der Waals surface area contributed by atoms with Gasteiger partial charge in [-0.1, -0.05) is 0 Å². The summed E-state index contributed by atoms with van der Waals surface area (Å²) in [5, 5.41) is 1.87. The number of amides is 4. The first kappa shape index (κ1) is 6.73. The SMILES string of the molecule is CCN1C(=O)NC(=O)C1=O. The summed E-state index contributed by atoms with van der Waals surface area (Å²) in [6.07, 6.45) is 0. The number of hydrogen-bond donors (Lipinski definition) is 1. The van der Waals surface area contributed by atoms with Crippen LogP contribution in [-0.4, -0.2) is 29.3 Å². The minimum Gasteiger partial charge on any atom is -0.269 e. The van der Waals surface area contributed by atoms with E-state index in [0.29, 0.717) is 0 Å². The zero-order chi connectivity index (χ0) is 7.72. The Morgan fingerprint density at radius 3 is 2.20 bits per heavy atom. The molecule has 10 heavy (non-hydrogen) atoms. The lowest BCUT2D eigenvalue weighted by molar-refractivity contribution is -0.140. The zero-order valence-electron chi connectivity index (χ0n) is 5.38. The highest BCUT2D eigenvalue weighted by Crippen LogP contribution is 1.97. The number of rotatable bonds is 1. The molecule has 0 spiro atoms. The summed E-state index contributed by atoms with van der Waals surface area (Å²) in [5.41, 5.74) is 0. The molecule has 0 aliphatic carbocycles. The second-order valence-corrected chi connectivity index (χ2v) is 1.81. The van der Waals surface area contributed by atoms with Crippen LogP contribution in [0.1, 0.15) is 6.92 Å². The molecular weight excluding hydrogens is 136 g/mol. The molecule has 1 N–H and O–H groups in total. The Morgan fingerprint density at radius 1 is 1.40 bits per heavy atom. The van der Waals surface area contributed by atoms with E-state index in [1.807, 2.05) is 5.32 Å². The number of hydrogen-bond acceptors (Lipinski definition) is 3. The lowest BCUT2D eigenvalue weighted by Gasteiger charge is -2.04. The monoisotopic (exact) mass is 142 g/mol. The Labute approximate surface area is 57.0 Å². The summed E-state index contributed by atoms with van der Waals surface area (Å²) in [4.78, 5) is 32.5. The van der Waals surface area contributed by atoms with Crippen LogP contribution in [0.5, 0.6) is 0 Å². The Balaban J connectivity index is 2.84. The maximum Gasteiger partial charge on any atom is 0.331 e.